The van der Waals surface area contributed by atoms with Crippen LogP contribution in [-0.4, -0.2) is 27.5 Å². The third kappa shape index (κ3) is 2.51. The van der Waals surface area contributed by atoms with Crippen LogP contribution >= 0.6 is 24.2 Å². The molecule has 18 heavy (non-hydrogen) atoms. The van der Waals surface area contributed by atoms with Gasteiger partial charge in [-0.25, -0.2) is 14.4 Å². The number of fused-ring (bicyclic) bond motifs is 1. The van der Waals surface area contributed by atoms with Crippen LogP contribution in [0.1, 0.15) is 17.9 Å². The second kappa shape index (κ2) is 5.26. The Balaban J connectivity index is 0.00000120. The minimum Gasteiger partial charge on any atom is -0.368 e. The smallest absolute Gasteiger partial charge is 0.220 e. The molecule has 1 aliphatic heterocycles. The van der Waals surface area contributed by atoms with Crippen molar-refractivity contribution in [2.75, 3.05) is 18.8 Å². The Morgan fingerprint density at radius 2 is 2.22 bits per heavy atom. The molecule has 4 nitrogen and oxygen atoms in total. The van der Waals surface area contributed by atoms with Gasteiger partial charge in [0.2, 0.25) is 5.95 Å². The number of rotatable bonds is 1. The average molecular weight is 285 g/mol. The quantitative estimate of drug-likeness (QED) is 0.818. The topological polar surface area (TPSA) is 55.0 Å². The summed E-state index contributed by atoms with van der Waals surface area (Å²) >= 11 is 5.99. The third-order valence-corrected chi connectivity index (χ3v) is 3.54. The van der Waals surface area contributed by atoms with Crippen molar-refractivity contribution in [2.24, 2.45) is 0 Å². The van der Waals surface area contributed by atoms with E-state index in [4.69, 9.17) is 17.5 Å². The second-order valence-electron chi connectivity index (χ2n) is 4.40. The Morgan fingerprint density at radius 1 is 1.39 bits per heavy atom. The van der Waals surface area contributed by atoms with Gasteiger partial charge in [-0.05, 0) is 41.8 Å². The van der Waals surface area contributed by atoms with Crippen LogP contribution in [0.5, 0.6) is 0 Å². The van der Waals surface area contributed by atoms with Gasteiger partial charge < -0.3 is 5.73 Å². The number of aromatic nitrogens is 2. The van der Waals surface area contributed by atoms with Gasteiger partial charge in [0.1, 0.15) is 0 Å². The van der Waals surface area contributed by atoms with Crippen molar-refractivity contribution in [3.05, 3.63) is 30.0 Å². The zero-order chi connectivity index (χ0) is 11.8. The molecule has 1 atom stereocenters. The predicted octanol–water partition coefficient (Wildman–Crippen LogP) is 2.58. The lowest BCUT2D eigenvalue weighted by Gasteiger charge is -2.10. The highest BCUT2D eigenvalue weighted by Gasteiger charge is 2.22. The van der Waals surface area contributed by atoms with Crippen LogP contribution in [0, 0.1) is 0 Å². The minimum absolute atomic E-state index is 0. The lowest BCUT2D eigenvalue weighted by Crippen LogP contribution is -2.06. The first-order valence-electron chi connectivity index (χ1n) is 5.65. The van der Waals surface area contributed by atoms with Gasteiger partial charge in [-0.3, -0.25) is 0 Å². The van der Waals surface area contributed by atoms with E-state index in [-0.39, 0.29) is 12.4 Å². The molecule has 1 aromatic heterocycles. The summed E-state index contributed by atoms with van der Waals surface area (Å²) in [6, 6.07) is 6.24. The molecule has 0 aliphatic carbocycles. The SMILES string of the molecule is Cl.Nc1ncc2cc([C@H]3CCN(Cl)C3)ccc2n1. The van der Waals surface area contributed by atoms with E-state index in [9.17, 15) is 0 Å². The summed E-state index contributed by atoms with van der Waals surface area (Å²) < 4.78 is 1.84. The standard InChI is InChI=1S/C12H13ClN4.ClH/c13-17-4-3-9(7-17)8-1-2-11-10(5-8)6-15-12(14)16-11;/h1-2,5-6,9H,3-4,7H2,(H2,14,15,16);1H/t9-;/m0./s1. The monoisotopic (exact) mass is 284 g/mol. The molecule has 0 unspecified atom stereocenters. The van der Waals surface area contributed by atoms with E-state index in [1.54, 1.807) is 6.20 Å². The molecule has 3 rings (SSSR count). The van der Waals surface area contributed by atoms with Crippen molar-refractivity contribution in [2.45, 2.75) is 12.3 Å². The van der Waals surface area contributed by atoms with Crippen LogP contribution in [-0.2, 0) is 0 Å². The average Bonchev–Trinajstić information content (AvgIpc) is 2.75. The first kappa shape index (κ1) is 13.3. The summed E-state index contributed by atoms with van der Waals surface area (Å²) in [7, 11) is 0. The third-order valence-electron chi connectivity index (χ3n) is 3.23. The van der Waals surface area contributed by atoms with Gasteiger partial charge >= 0.3 is 0 Å². The fraction of sp³-hybridized carbons (Fsp3) is 0.333. The van der Waals surface area contributed by atoms with E-state index >= 15 is 0 Å². The molecule has 1 aliphatic rings. The van der Waals surface area contributed by atoms with Crippen LogP contribution < -0.4 is 5.73 Å². The van der Waals surface area contributed by atoms with Gasteiger partial charge in [0.25, 0.3) is 0 Å². The van der Waals surface area contributed by atoms with Gasteiger partial charge in [-0.15, -0.1) is 12.4 Å². The van der Waals surface area contributed by atoms with Gasteiger partial charge in [0, 0.05) is 24.7 Å². The molecule has 0 spiro atoms. The van der Waals surface area contributed by atoms with Gasteiger partial charge in [-0.2, -0.15) is 0 Å². The summed E-state index contributed by atoms with van der Waals surface area (Å²) in [5, 5.41) is 1.03. The number of anilines is 1. The molecular formula is C12H14Cl2N4. The number of nitrogens with two attached hydrogens (primary N) is 1. The maximum Gasteiger partial charge on any atom is 0.220 e. The number of nitrogens with zero attached hydrogens (tertiary/aromatic N) is 3. The first-order chi connectivity index (χ1) is 8.22. The maximum absolute atomic E-state index is 5.99. The molecule has 96 valence electrons. The van der Waals surface area contributed by atoms with Gasteiger partial charge in [0.05, 0.1) is 5.52 Å². The molecular weight excluding hydrogens is 271 g/mol. The molecule has 2 heterocycles. The molecule has 0 bridgehead atoms. The molecule has 1 saturated heterocycles. The highest BCUT2D eigenvalue weighted by Crippen LogP contribution is 2.29. The summed E-state index contributed by atoms with van der Waals surface area (Å²) in [5.41, 5.74) is 7.75. The fourth-order valence-electron chi connectivity index (χ4n) is 2.31. The van der Waals surface area contributed by atoms with Gasteiger partial charge in [0.15, 0.2) is 0 Å². The fourth-order valence-corrected chi connectivity index (χ4v) is 2.57. The van der Waals surface area contributed by atoms with Crippen LogP contribution in [0.25, 0.3) is 10.9 Å². The van der Waals surface area contributed by atoms with Gasteiger partial charge in [-0.1, -0.05) is 6.07 Å². The van der Waals surface area contributed by atoms with Crippen LogP contribution in [0.2, 0.25) is 0 Å². The number of benzene rings is 1. The Morgan fingerprint density at radius 3 is 2.94 bits per heavy atom. The lowest BCUT2D eigenvalue weighted by molar-refractivity contribution is 0.556. The maximum atomic E-state index is 5.99. The van der Waals surface area contributed by atoms with E-state index in [0.29, 0.717) is 11.9 Å². The molecule has 2 N–H and O–H groups in total. The molecule has 6 heteroatoms. The Bertz CT molecular complexity index is 561. The van der Waals surface area contributed by atoms with Crippen molar-refractivity contribution in [3.63, 3.8) is 0 Å². The van der Waals surface area contributed by atoms with Crippen molar-refractivity contribution in [3.8, 4) is 0 Å². The van der Waals surface area contributed by atoms with E-state index in [1.165, 1.54) is 5.56 Å². The van der Waals surface area contributed by atoms with E-state index in [0.717, 1.165) is 30.4 Å². The number of hydrogen-bond acceptors (Lipinski definition) is 4. The molecule has 2 aromatic rings. The predicted molar refractivity (Wildman–Crippen MR) is 76.0 cm³/mol. The number of hydrogen-bond donors (Lipinski definition) is 1. The largest absolute Gasteiger partial charge is 0.368 e. The zero-order valence-electron chi connectivity index (χ0n) is 9.71. The molecule has 0 radical (unpaired) electrons. The Labute approximate surface area is 117 Å². The Kier molecular flexibility index (Phi) is 3.90. The lowest BCUT2D eigenvalue weighted by atomic mass is 9.97. The van der Waals surface area contributed by atoms with Crippen molar-refractivity contribution >= 4 is 41.0 Å². The van der Waals surface area contributed by atoms with Crippen LogP contribution in [0.15, 0.2) is 24.4 Å². The van der Waals surface area contributed by atoms with Crippen molar-refractivity contribution < 1.29 is 0 Å². The summed E-state index contributed by atoms with van der Waals surface area (Å²) in [6.07, 6.45) is 2.87. The summed E-state index contributed by atoms with van der Waals surface area (Å²) in [6.45, 7) is 1.85. The molecule has 1 fully saturated rings. The molecule has 0 amide bonds. The van der Waals surface area contributed by atoms with E-state index < -0.39 is 0 Å². The van der Waals surface area contributed by atoms with Crippen LogP contribution in [0.4, 0.5) is 5.95 Å². The summed E-state index contributed by atoms with van der Waals surface area (Å²) in [5.74, 6) is 0.826. The highest BCUT2D eigenvalue weighted by molar-refractivity contribution is 6.13. The van der Waals surface area contributed by atoms with Crippen molar-refractivity contribution in [1.29, 1.82) is 0 Å². The van der Waals surface area contributed by atoms with E-state index in [2.05, 4.69) is 22.1 Å². The minimum atomic E-state index is 0. The molecule has 0 saturated carbocycles. The number of halogens is 2. The van der Waals surface area contributed by atoms with Crippen molar-refractivity contribution in [1.82, 2.24) is 14.4 Å². The Hall–Kier alpha value is -1.10. The first-order valence-corrected chi connectivity index (χ1v) is 5.99. The second-order valence-corrected chi connectivity index (χ2v) is 4.88. The number of nitrogen functional groups attached to an aromatic ring is 1. The van der Waals surface area contributed by atoms with E-state index in [1.807, 2.05) is 10.5 Å². The summed E-state index contributed by atoms with van der Waals surface area (Å²) in [4.78, 5) is 8.21. The normalized spacial score (nSPS) is 19.9. The highest BCUT2D eigenvalue weighted by atomic mass is 35.5. The zero-order valence-corrected chi connectivity index (χ0v) is 11.3. The van der Waals surface area contributed by atoms with Crippen LogP contribution in [0.3, 0.4) is 0 Å². The molecule has 1 aromatic carbocycles.